The first-order chi connectivity index (χ1) is 40.1. The van der Waals surface area contributed by atoms with Crippen LogP contribution in [0.1, 0.15) is 110 Å². The Kier molecular flexibility index (Phi) is 21.4. The number of aromatic nitrogens is 2. The lowest BCUT2D eigenvalue weighted by molar-refractivity contribution is -0.127. The number of nitrogens with two attached hydrogens (primary N) is 1. The summed E-state index contributed by atoms with van der Waals surface area (Å²) in [6.45, 7) is 8.40. The Morgan fingerprint density at radius 1 is 0.941 bits per heavy atom. The number of azide groups is 2. The van der Waals surface area contributed by atoms with Crippen LogP contribution in [0.15, 0.2) is 66.8 Å². The molecule has 1 saturated heterocycles. The molecule has 1 fully saturated rings. The van der Waals surface area contributed by atoms with Crippen LogP contribution < -0.4 is 42.6 Å². The number of ether oxygens (including phenoxy) is 4. The number of unbranched alkanes of at least 4 members (excludes halogenated alkanes) is 2. The van der Waals surface area contributed by atoms with Gasteiger partial charge < -0.3 is 69.5 Å². The lowest BCUT2D eigenvalue weighted by Crippen LogP contribution is -2.44. The fourth-order valence-corrected chi connectivity index (χ4v) is 12.5. The third kappa shape index (κ3) is 17.7. The minimum atomic E-state index is -5.85. The fourth-order valence-electron chi connectivity index (χ4n) is 9.52. The van der Waals surface area contributed by atoms with Crippen molar-refractivity contribution in [1.82, 2.24) is 25.5 Å². The number of carbonyl (C=O) groups is 3. The Hall–Kier alpha value is -7.19. The molecule has 0 saturated carbocycles. The highest BCUT2D eigenvalue weighted by molar-refractivity contribution is 7.66. The molecule has 2 aromatic heterocycles. The Bertz CT molecular complexity index is 3630. The highest BCUT2D eigenvalue weighted by Crippen LogP contribution is 2.66. The van der Waals surface area contributed by atoms with E-state index in [-0.39, 0.29) is 58.7 Å². The molecule has 2 aromatic carbocycles. The molecule has 458 valence electrons. The molecule has 3 aliphatic rings. The smallest absolute Gasteiger partial charge is 0.490 e. The molecule has 5 heterocycles. The Morgan fingerprint density at radius 3 is 2.36 bits per heavy atom. The van der Waals surface area contributed by atoms with E-state index in [0.717, 1.165) is 53.3 Å². The van der Waals surface area contributed by atoms with Gasteiger partial charge in [0, 0.05) is 70.8 Å². The van der Waals surface area contributed by atoms with Crippen LogP contribution in [-0.4, -0.2) is 125 Å². The van der Waals surface area contributed by atoms with Crippen LogP contribution in [0.2, 0.25) is 0 Å². The lowest BCUT2D eigenvalue weighted by atomic mass is 9.69. The Labute approximate surface area is 483 Å². The molecule has 36 heteroatoms. The van der Waals surface area contributed by atoms with E-state index in [9.17, 15) is 47.5 Å². The molecule has 7 rings (SSSR count). The van der Waals surface area contributed by atoms with Crippen molar-refractivity contribution in [2.45, 2.75) is 102 Å². The molecule has 6 atom stereocenters. The average Bonchev–Trinajstić information content (AvgIpc) is 1.20. The van der Waals surface area contributed by atoms with Crippen molar-refractivity contribution in [2.75, 3.05) is 69.9 Å². The SMILES string of the molecule is CC1(C)CCN2CCC(C)(C)c3c2c1cc1cc(C(=O)NCCCCCNC(=O)c2cccc(OCC(N=[N+]=[N-])OCC(=O)NCC#Cc4cn(C5CC(OCN=[N+]=[N-])C(COP(=O)(O)OP(=O)(O)OP(=O)(O)O)O5)c(=O)nc4N)c2)c(=O)oc31. The molecule has 33 nitrogen and oxygen atoms in total. The summed E-state index contributed by atoms with van der Waals surface area (Å²) in [5.41, 5.74) is 25.8. The monoisotopic (exact) mass is 1250 g/mol. The molecule has 0 aliphatic carbocycles. The molecular formula is C49H62N13O20P3. The van der Waals surface area contributed by atoms with Crippen LogP contribution in [-0.2, 0) is 56.7 Å². The summed E-state index contributed by atoms with van der Waals surface area (Å²) < 4.78 is 76.3. The zero-order valence-electron chi connectivity index (χ0n) is 46.2. The van der Waals surface area contributed by atoms with Crippen LogP contribution >= 0.6 is 23.5 Å². The second-order valence-corrected chi connectivity index (χ2v) is 25.2. The van der Waals surface area contributed by atoms with E-state index < -0.39 is 97.1 Å². The summed E-state index contributed by atoms with van der Waals surface area (Å²) in [4.78, 5) is 113. The van der Waals surface area contributed by atoms with E-state index >= 15 is 0 Å². The number of fused-ring (bicyclic) bond motifs is 2. The van der Waals surface area contributed by atoms with Gasteiger partial charge in [0.05, 0.1) is 24.8 Å². The quantitative estimate of drug-likeness (QED) is 0.00747. The lowest BCUT2D eigenvalue weighted by Gasteiger charge is -2.48. The second kappa shape index (κ2) is 27.9. The van der Waals surface area contributed by atoms with Crippen molar-refractivity contribution in [1.29, 1.82) is 0 Å². The second-order valence-electron chi connectivity index (χ2n) is 20.8. The molecule has 9 N–H and O–H groups in total. The normalized spacial score (nSPS) is 19.3. The van der Waals surface area contributed by atoms with Gasteiger partial charge >= 0.3 is 34.8 Å². The summed E-state index contributed by atoms with van der Waals surface area (Å²) in [5.74, 6) is 3.52. The predicted octanol–water partition coefficient (Wildman–Crippen LogP) is 4.91. The summed E-state index contributed by atoms with van der Waals surface area (Å²) in [7, 11) is -17.1. The van der Waals surface area contributed by atoms with Gasteiger partial charge in [-0.1, -0.05) is 55.8 Å². The Balaban J connectivity index is 0.829. The minimum Gasteiger partial charge on any atom is -0.491 e. The fraction of sp³-hybridized carbons (Fsp3) is 0.510. The molecular weight excluding hydrogens is 1180 g/mol. The maximum atomic E-state index is 13.3. The van der Waals surface area contributed by atoms with Crippen molar-refractivity contribution in [3.05, 3.63) is 112 Å². The topological polar surface area (TPSA) is 476 Å². The summed E-state index contributed by atoms with van der Waals surface area (Å²) in [6.07, 6.45) is -0.526. The minimum absolute atomic E-state index is 0.0442. The van der Waals surface area contributed by atoms with Gasteiger partial charge in [0.1, 0.15) is 55.0 Å². The third-order valence-electron chi connectivity index (χ3n) is 13.8. The summed E-state index contributed by atoms with van der Waals surface area (Å²) in [5, 5.41) is 15.6. The van der Waals surface area contributed by atoms with Crippen LogP contribution in [0.25, 0.3) is 31.9 Å². The number of nitrogens with one attached hydrogen (secondary N) is 3. The first-order valence-electron chi connectivity index (χ1n) is 26.2. The van der Waals surface area contributed by atoms with Crippen molar-refractivity contribution in [3.63, 3.8) is 0 Å². The van der Waals surface area contributed by atoms with Gasteiger partial charge in [-0.05, 0) is 89.9 Å². The zero-order chi connectivity index (χ0) is 61.9. The standard InChI is InChI=1S/C49H62N13O20P3/c1-48(2)13-18-61-19-14-49(3,4)40-41(61)34(48)22-31-21-33(46(66)80-42(31)40)45(65)55-16-7-5-6-15-54-44(64)29-10-8-12-32(20-29)75-27-38(58-60-52)76-26-37(63)53-17-9-11-30-24-62(47(67)57-43(30)50)39-23-35(77-28-56-59-51)36(79-39)25-78-84(71,72)82-85(73,74)81-83(68,69)70/h8,10,12,20-22,24,35-36,38-39H,5-7,13-19,23,25-28H2,1-4H3,(H,53,63)(H,54,64)(H,55,65)(H,71,72)(H,73,74)(H2,50,57,67)(H2,68,69,70). The molecule has 6 unspecified atom stereocenters. The van der Waals surface area contributed by atoms with Crippen LogP contribution in [0.4, 0.5) is 11.5 Å². The van der Waals surface area contributed by atoms with Gasteiger partial charge in [-0.15, -0.1) is 0 Å². The maximum Gasteiger partial charge on any atom is 0.490 e. The predicted molar refractivity (Wildman–Crippen MR) is 299 cm³/mol. The average molecular weight is 1250 g/mol. The molecule has 3 amide bonds. The number of anilines is 2. The van der Waals surface area contributed by atoms with E-state index in [2.05, 4.69) is 105 Å². The van der Waals surface area contributed by atoms with E-state index in [0.29, 0.717) is 37.9 Å². The Morgan fingerprint density at radius 2 is 1.66 bits per heavy atom. The highest BCUT2D eigenvalue weighted by Gasteiger charge is 2.45. The van der Waals surface area contributed by atoms with Crippen molar-refractivity contribution in [2.24, 2.45) is 10.2 Å². The number of phosphoric acid groups is 3. The van der Waals surface area contributed by atoms with E-state index in [1.807, 2.05) is 0 Å². The molecule has 0 radical (unpaired) electrons. The van der Waals surface area contributed by atoms with Gasteiger partial charge in [-0.3, -0.25) is 23.5 Å². The number of amides is 3. The number of benzene rings is 2. The van der Waals surface area contributed by atoms with E-state index in [1.165, 1.54) is 11.6 Å². The maximum absolute atomic E-state index is 13.3. The first kappa shape index (κ1) is 65.4. The molecule has 0 bridgehead atoms. The number of hydrogen-bond acceptors (Lipinski definition) is 21. The number of hydrogen-bond donors (Lipinski definition) is 8. The van der Waals surface area contributed by atoms with E-state index in [4.69, 9.17) is 49.9 Å². The number of carbonyl (C=O) groups excluding carboxylic acids is 3. The number of nitrogens with zero attached hydrogens (tertiary/aromatic N) is 9. The number of phosphoric ester groups is 1. The third-order valence-corrected chi connectivity index (χ3v) is 17.6. The van der Waals surface area contributed by atoms with Crippen LogP contribution in [0.3, 0.4) is 0 Å². The summed E-state index contributed by atoms with van der Waals surface area (Å²) in [6, 6.07) is 9.88. The van der Waals surface area contributed by atoms with Gasteiger partial charge in [0.25, 0.3) is 11.8 Å². The van der Waals surface area contributed by atoms with Crippen LogP contribution in [0, 0.1) is 11.8 Å². The van der Waals surface area contributed by atoms with Crippen molar-refractivity contribution < 1.29 is 84.2 Å². The largest absolute Gasteiger partial charge is 0.491 e. The number of rotatable bonds is 27. The van der Waals surface area contributed by atoms with Gasteiger partial charge in [-0.2, -0.15) is 13.6 Å². The number of nitrogen functional groups attached to an aromatic ring is 1. The van der Waals surface area contributed by atoms with Gasteiger partial charge in [0.15, 0.2) is 6.23 Å². The first-order valence-corrected chi connectivity index (χ1v) is 30.7. The highest BCUT2D eigenvalue weighted by atomic mass is 31.3. The van der Waals surface area contributed by atoms with Crippen molar-refractivity contribution in [3.8, 4) is 17.6 Å². The molecule has 85 heavy (non-hydrogen) atoms. The zero-order valence-corrected chi connectivity index (χ0v) is 48.9. The van der Waals surface area contributed by atoms with Crippen molar-refractivity contribution >= 4 is 63.7 Å². The molecule has 4 aromatic rings. The van der Waals surface area contributed by atoms with E-state index in [1.54, 1.807) is 24.3 Å². The molecule has 0 spiro atoms. The van der Waals surface area contributed by atoms with Gasteiger partial charge in [-0.25, -0.2) is 23.3 Å². The van der Waals surface area contributed by atoms with Crippen LogP contribution in [0.5, 0.6) is 5.75 Å². The van der Waals surface area contributed by atoms with Gasteiger partial charge in [0.2, 0.25) is 5.91 Å². The molecule has 3 aliphatic heterocycles. The summed E-state index contributed by atoms with van der Waals surface area (Å²) >= 11 is 0.